The summed E-state index contributed by atoms with van der Waals surface area (Å²) in [4.78, 5) is 19.7. The summed E-state index contributed by atoms with van der Waals surface area (Å²) in [5.74, 6) is 0. The SMILES string of the molecule is O=C(Nc1ccccc1)N1CC[C@H](NCc2ccnc3ccccc23)C[C@H]1Cc1ccccc1. The fourth-order valence-electron chi connectivity index (χ4n) is 4.86. The van der Waals surface area contributed by atoms with Gasteiger partial charge in [-0.25, -0.2) is 4.79 Å². The lowest BCUT2D eigenvalue weighted by atomic mass is 9.92. The minimum atomic E-state index is -0.0225. The third-order valence-corrected chi connectivity index (χ3v) is 6.64. The van der Waals surface area contributed by atoms with E-state index in [1.165, 1.54) is 16.5 Å². The molecule has 1 aliphatic rings. The van der Waals surface area contributed by atoms with Crippen molar-refractivity contribution in [2.24, 2.45) is 0 Å². The lowest BCUT2D eigenvalue weighted by Crippen LogP contribution is -2.53. The Morgan fingerprint density at radius 2 is 1.65 bits per heavy atom. The van der Waals surface area contributed by atoms with Gasteiger partial charge in [0.2, 0.25) is 0 Å². The van der Waals surface area contributed by atoms with E-state index in [0.29, 0.717) is 6.04 Å². The van der Waals surface area contributed by atoms with Crippen LogP contribution in [0, 0.1) is 0 Å². The summed E-state index contributed by atoms with van der Waals surface area (Å²) >= 11 is 0. The molecule has 3 aromatic carbocycles. The number of nitrogens with one attached hydrogen (secondary N) is 2. The van der Waals surface area contributed by atoms with Gasteiger partial charge < -0.3 is 15.5 Å². The molecule has 1 aliphatic heterocycles. The van der Waals surface area contributed by atoms with E-state index in [-0.39, 0.29) is 12.1 Å². The van der Waals surface area contributed by atoms with Crippen molar-refractivity contribution >= 4 is 22.6 Å². The molecule has 5 nitrogen and oxygen atoms in total. The van der Waals surface area contributed by atoms with Crippen LogP contribution in [0.25, 0.3) is 10.9 Å². The average molecular weight is 451 g/mol. The first-order chi connectivity index (χ1) is 16.8. The summed E-state index contributed by atoms with van der Waals surface area (Å²) in [5.41, 5.74) is 4.37. The number of aromatic nitrogens is 1. The van der Waals surface area contributed by atoms with Gasteiger partial charge >= 0.3 is 6.03 Å². The lowest BCUT2D eigenvalue weighted by Gasteiger charge is -2.40. The van der Waals surface area contributed by atoms with Crippen molar-refractivity contribution in [1.82, 2.24) is 15.2 Å². The van der Waals surface area contributed by atoms with Crippen LogP contribution in [-0.4, -0.2) is 34.5 Å². The molecule has 0 radical (unpaired) electrons. The zero-order valence-corrected chi connectivity index (χ0v) is 19.2. The maximum atomic E-state index is 13.2. The van der Waals surface area contributed by atoms with Gasteiger partial charge in [-0.1, -0.05) is 66.7 Å². The van der Waals surface area contributed by atoms with E-state index in [1.54, 1.807) is 0 Å². The minimum absolute atomic E-state index is 0.0225. The third-order valence-electron chi connectivity index (χ3n) is 6.64. The van der Waals surface area contributed by atoms with Gasteiger partial charge in [-0.3, -0.25) is 4.98 Å². The van der Waals surface area contributed by atoms with E-state index in [0.717, 1.165) is 43.6 Å². The molecule has 0 spiro atoms. The Labute approximate surface area is 200 Å². The molecular weight excluding hydrogens is 420 g/mol. The molecule has 34 heavy (non-hydrogen) atoms. The van der Waals surface area contributed by atoms with Crippen LogP contribution < -0.4 is 10.6 Å². The number of amides is 2. The van der Waals surface area contributed by atoms with Crippen LogP contribution in [0.4, 0.5) is 10.5 Å². The van der Waals surface area contributed by atoms with Crippen molar-refractivity contribution in [1.29, 1.82) is 0 Å². The summed E-state index contributed by atoms with van der Waals surface area (Å²) in [6, 6.07) is 31.0. The molecule has 5 heteroatoms. The molecule has 0 aliphatic carbocycles. The number of likely N-dealkylation sites (tertiary alicyclic amines) is 1. The van der Waals surface area contributed by atoms with E-state index in [2.05, 4.69) is 64.1 Å². The van der Waals surface area contributed by atoms with Crippen molar-refractivity contribution < 1.29 is 4.79 Å². The Hall–Kier alpha value is -3.70. The van der Waals surface area contributed by atoms with Crippen molar-refractivity contribution in [3.8, 4) is 0 Å². The normalized spacial score (nSPS) is 18.1. The van der Waals surface area contributed by atoms with E-state index in [1.807, 2.05) is 53.6 Å². The quantitative estimate of drug-likeness (QED) is 0.400. The number of pyridine rings is 1. The largest absolute Gasteiger partial charge is 0.322 e. The summed E-state index contributed by atoms with van der Waals surface area (Å²) < 4.78 is 0. The second-order valence-electron chi connectivity index (χ2n) is 8.92. The molecule has 2 amide bonds. The highest BCUT2D eigenvalue weighted by atomic mass is 16.2. The smallest absolute Gasteiger partial charge is 0.321 e. The maximum absolute atomic E-state index is 13.2. The molecule has 1 fully saturated rings. The first kappa shape index (κ1) is 22.1. The van der Waals surface area contributed by atoms with E-state index < -0.39 is 0 Å². The number of benzene rings is 3. The highest BCUT2D eigenvalue weighted by molar-refractivity contribution is 5.89. The molecule has 0 bridgehead atoms. The summed E-state index contributed by atoms with van der Waals surface area (Å²) in [7, 11) is 0. The maximum Gasteiger partial charge on any atom is 0.322 e. The molecule has 0 saturated carbocycles. The lowest BCUT2D eigenvalue weighted by molar-refractivity contribution is 0.145. The van der Waals surface area contributed by atoms with Crippen LogP contribution in [0.1, 0.15) is 24.0 Å². The molecule has 2 heterocycles. The van der Waals surface area contributed by atoms with Gasteiger partial charge in [0, 0.05) is 42.4 Å². The molecule has 5 rings (SSSR count). The van der Waals surface area contributed by atoms with Crippen LogP contribution >= 0.6 is 0 Å². The Kier molecular flexibility index (Phi) is 6.82. The number of carbonyl (C=O) groups is 1. The van der Waals surface area contributed by atoms with Gasteiger partial charge in [0.05, 0.1) is 5.52 Å². The van der Waals surface area contributed by atoms with Gasteiger partial charge in [0.15, 0.2) is 0 Å². The fraction of sp³-hybridized carbons (Fsp3) is 0.241. The molecular formula is C29H30N4O. The number of hydrogen-bond donors (Lipinski definition) is 2. The minimum Gasteiger partial charge on any atom is -0.321 e. The van der Waals surface area contributed by atoms with E-state index in [4.69, 9.17) is 0 Å². The number of rotatable bonds is 6. The summed E-state index contributed by atoms with van der Waals surface area (Å²) in [5, 5.41) is 8.04. The highest BCUT2D eigenvalue weighted by Gasteiger charge is 2.31. The average Bonchev–Trinajstić information content (AvgIpc) is 2.89. The van der Waals surface area contributed by atoms with Gasteiger partial charge in [-0.15, -0.1) is 0 Å². The van der Waals surface area contributed by atoms with Crippen LogP contribution in [-0.2, 0) is 13.0 Å². The van der Waals surface area contributed by atoms with Gasteiger partial charge in [-0.2, -0.15) is 0 Å². The molecule has 1 saturated heterocycles. The number of carbonyl (C=O) groups excluding carboxylic acids is 1. The summed E-state index contributed by atoms with van der Waals surface area (Å²) in [6.07, 6.45) is 4.57. The number of anilines is 1. The van der Waals surface area contributed by atoms with Crippen LogP contribution in [0.3, 0.4) is 0 Å². The van der Waals surface area contributed by atoms with E-state index in [9.17, 15) is 4.79 Å². The second-order valence-corrected chi connectivity index (χ2v) is 8.92. The number of urea groups is 1. The van der Waals surface area contributed by atoms with Crippen molar-refractivity contribution in [3.63, 3.8) is 0 Å². The number of hydrogen-bond acceptors (Lipinski definition) is 3. The molecule has 0 unspecified atom stereocenters. The van der Waals surface area contributed by atoms with E-state index >= 15 is 0 Å². The Morgan fingerprint density at radius 3 is 2.47 bits per heavy atom. The Bertz CT molecular complexity index is 1220. The molecule has 172 valence electrons. The predicted molar refractivity (Wildman–Crippen MR) is 138 cm³/mol. The van der Waals surface area contributed by atoms with Crippen molar-refractivity contribution in [3.05, 3.63) is 108 Å². The highest BCUT2D eigenvalue weighted by Crippen LogP contribution is 2.24. The number of fused-ring (bicyclic) bond motifs is 1. The molecule has 2 atom stereocenters. The fourth-order valence-corrected chi connectivity index (χ4v) is 4.86. The van der Waals surface area contributed by atoms with Gasteiger partial charge in [-0.05, 0) is 54.7 Å². The summed E-state index contributed by atoms with van der Waals surface area (Å²) in [6.45, 7) is 1.52. The Morgan fingerprint density at radius 1 is 0.912 bits per heavy atom. The van der Waals surface area contributed by atoms with Gasteiger partial charge in [0.25, 0.3) is 0 Å². The number of piperidine rings is 1. The first-order valence-electron chi connectivity index (χ1n) is 12.0. The zero-order chi connectivity index (χ0) is 23.2. The van der Waals surface area contributed by atoms with Crippen molar-refractivity contribution in [2.75, 3.05) is 11.9 Å². The van der Waals surface area contributed by atoms with Crippen LogP contribution in [0.2, 0.25) is 0 Å². The van der Waals surface area contributed by atoms with Gasteiger partial charge in [0.1, 0.15) is 0 Å². The number of para-hydroxylation sites is 2. The topological polar surface area (TPSA) is 57.3 Å². The standard InChI is InChI=1S/C29H30N4O/c34-29(32-24-11-5-2-6-12-24)33-18-16-25(20-26(33)19-22-9-3-1-4-10-22)31-21-23-15-17-30-28-14-8-7-13-27(23)28/h1-15,17,25-26,31H,16,18-21H2,(H,32,34)/t25-,26+/m0/s1. The molecule has 2 N–H and O–H groups in total. The van der Waals surface area contributed by atoms with Crippen LogP contribution in [0.5, 0.6) is 0 Å². The zero-order valence-electron chi connectivity index (χ0n) is 19.2. The Balaban J connectivity index is 1.29. The predicted octanol–water partition coefficient (Wildman–Crippen LogP) is 5.63. The third kappa shape index (κ3) is 5.26. The van der Waals surface area contributed by atoms with Crippen LogP contribution in [0.15, 0.2) is 97.2 Å². The number of nitrogens with zero attached hydrogens (tertiary/aromatic N) is 2. The monoisotopic (exact) mass is 450 g/mol. The second kappa shape index (κ2) is 10.5. The molecule has 1 aromatic heterocycles. The van der Waals surface area contributed by atoms with Crippen molar-refractivity contribution in [2.45, 2.75) is 37.9 Å². The molecule has 4 aromatic rings. The first-order valence-corrected chi connectivity index (χ1v) is 12.0.